The first-order valence-corrected chi connectivity index (χ1v) is 4.32. The zero-order valence-corrected chi connectivity index (χ0v) is 8.00. The van der Waals surface area contributed by atoms with Crippen LogP contribution in [0.5, 0.6) is 0 Å². The fraction of sp³-hybridized carbons (Fsp3) is 0. The van der Waals surface area contributed by atoms with E-state index in [9.17, 15) is 4.79 Å². The molecule has 2 rings (SSSR count). The second-order valence-corrected chi connectivity index (χ2v) is 3.21. The quantitative estimate of drug-likeness (QED) is 0.779. The summed E-state index contributed by atoms with van der Waals surface area (Å²) in [5, 5.41) is 6.03. The molecular formula is C7H5BrN4O. The number of H-pyrrole nitrogens is 2. The second-order valence-electron chi connectivity index (χ2n) is 2.36. The van der Waals surface area contributed by atoms with Crippen molar-refractivity contribution in [3.8, 4) is 11.5 Å². The summed E-state index contributed by atoms with van der Waals surface area (Å²) in [7, 11) is 0. The molecule has 0 unspecified atom stereocenters. The number of pyridine rings is 1. The Balaban J connectivity index is 2.58. The van der Waals surface area contributed by atoms with Gasteiger partial charge in [0.25, 0.3) is 0 Å². The molecule has 2 aromatic heterocycles. The van der Waals surface area contributed by atoms with Gasteiger partial charge in [-0.25, -0.2) is 9.89 Å². The molecule has 0 aromatic carbocycles. The van der Waals surface area contributed by atoms with Gasteiger partial charge in [0.2, 0.25) is 0 Å². The lowest BCUT2D eigenvalue weighted by Gasteiger charge is -1.96. The van der Waals surface area contributed by atoms with Crippen LogP contribution in [0.25, 0.3) is 11.5 Å². The Hall–Kier alpha value is -1.43. The molecule has 2 N–H and O–H groups in total. The predicted octanol–water partition coefficient (Wildman–Crippen LogP) is 0.922. The summed E-state index contributed by atoms with van der Waals surface area (Å²) >= 11 is 3.30. The standard InChI is InChI=1S/C7H5BrN4O/c8-4-2-1-3-9-5(4)6-10-7(13)12-11-6/h1-3H,(H2,10,11,12,13). The van der Waals surface area contributed by atoms with Gasteiger partial charge in [-0.3, -0.25) is 9.97 Å². The summed E-state index contributed by atoms with van der Waals surface area (Å²) in [6.45, 7) is 0. The van der Waals surface area contributed by atoms with E-state index in [1.165, 1.54) is 0 Å². The van der Waals surface area contributed by atoms with Gasteiger partial charge in [0.1, 0.15) is 5.69 Å². The summed E-state index contributed by atoms with van der Waals surface area (Å²) < 4.78 is 0.790. The highest BCUT2D eigenvalue weighted by molar-refractivity contribution is 9.10. The first-order valence-electron chi connectivity index (χ1n) is 3.53. The van der Waals surface area contributed by atoms with Gasteiger partial charge in [0.15, 0.2) is 5.82 Å². The number of nitrogens with zero attached hydrogens (tertiary/aromatic N) is 2. The minimum absolute atomic E-state index is 0.340. The minimum Gasteiger partial charge on any atom is -0.288 e. The van der Waals surface area contributed by atoms with Gasteiger partial charge >= 0.3 is 5.69 Å². The molecule has 0 aliphatic rings. The number of aromatic amines is 2. The molecule has 5 nitrogen and oxygen atoms in total. The first-order chi connectivity index (χ1) is 6.27. The third kappa shape index (κ3) is 1.52. The summed E-state index contributed by atoms with van der Waals surface area (Å²) in [6, 6.07) is 3.62. The van der Waals surface area contributed by atoms with Crippen molar-refractivity contribution in [2.45, 2.75) is 0 Å². The Morgan fingerprint density at radius 2 is 2.31 bits per heavy atom. The zero-order valence-electron chi connectivity index (χ0n) is 6.41. The van der Waals surface area contributed by atoms with Crippen molar-refractivity contribution in [1.82, 2.24) is 20.2 Å². The lowest BCUT2D eigenvalue weighted by Crippen LogP contribution is -2.00. The van der Waals surface area contributed by atoms with Crippen molar-refractivity contribution >= 4 is 15.9 Å². The van der Waals surface area contributed by atoms with E-state index in [-0.39, 0.29) is 5.69 Å². The average Bonchev–Trinajstić information content (AvgIpc) is 2.53. The molecule has 6 heteroatoms. The van der Waals surface area contributed by atoms with Crippen LogP contribution in [-0.2, 0) is 0 Å². The van der Waals surface area contributed by atoms with E-state index in [4.69, 9.17) is 0 Å². The van der Waals surface area contributed by atoms with Crippen LogP contribution in [-0.4, -0.2) is 20.2 Å². The lowest BCUT2D eigenvalue weighted by atomic mass is 10.3. The Morgan fingerprint density at radius 3 is 2.92 bits per heavy atom. The van der Waals surface area contributed by atoms with Crippen molar-refractivity contribution in [2.75, 3.05) is 0 Å². The number of nitrogens with one attached hydrogen (secondary N) is 2. The van der Waals surface area contributed by atoms with Crippen molar-refractivity contribution in [3.63, 3.8) is 0 Å². The van der Waals surface area contributed by atoms with Crippen LogP contribution >= 0.6 is 15.9 Å². The van der Waals surface area contributed by atoms with Crippen LogP contribution in [0.3, 0.4) is 0 Å². The number of hydrogen-bond acceptors (Lipinski definition) is 3. The van der Waals surface area contributed by atoms with Crippen molar-refractivity contribution in [3.05, 3.63) is 33.3 Å². The molecule has 0 saturated heterocycles. The van der Waals surface area contributed by atoms with Crippen molar-refractivity contribution < 1.29 is 0 Å². The van der Waals surface area contributed by atoms with Crippen LogP contribution in [0.2, 0.25) is 0 Å². The number of hydrogen-bond donors (Lipinski definition) is 2. The van der Waals surface area contributed by atoms with Crippen molar-refractivity contribution in [2.24, 2.45) is 0 Å². The topological polar surface area (TPSA) is 74.4 Å². The molecule has 0 bridgehead atoms. The molecule has 2 aromatic rings. The summed E-state index contributed by atoms with van der Waals surface area (Å²) in [6.07, 6.45) is 1.63. The predicted molar refractivity (Wildman–Crippen MR) is 50.1 cm³/mol. The second kappa shape index (κ2) is 3.14. The fourth-order valence-electron chi connectivity index (χ4n) is 0.942. The number of aromatic nitrogens is 4. The van der Waals surface area contributed by atoms with Crippen LogP contribution in [0.4, 0.5) is 0 Å². The van der Waals surface area contributed by atoms with Crippen LogP contribution < -0.4 is 5.69 Å². The first kappa shape index (κ1) is 8.18. The van der Waals surface area contributed by atoms with Gasteiger partial charge in [0.05, 0.1) is 0 Å². The normalized spacial score (nSPS) is 10.2. The molecule has 0 saturated carbocycles. The Morgan fingerprint density at radius 1 is 1.46 bits per heavy atom. The molecule has 0 fully saturated rings. The molecule has 0 aliphatic carbocycles. The van der Waals surface area contributed by atoms with Gasteiger partial charge < -0.3 is 0 Å². The summed E-state index contributed by atoms with van der Waals surface area (Å²) in [5.74, 6) is 0.428. The summed E-state index contributed by atoms with van der Waals surface area (Å²) in [4.78, 5) is 17.3. The Kier molecular flexibility index (Phi) is 1.97. The maximum Gasteiger partial charge on any atom is 0.340 e. The lowest BCUT2D eigenvalue weighted by molar-refractivity contribution is 1.05. The number of rotatable bonds is 1. The highest BCUT2D eigenvalue weighted by atomic mass is 79.9. The van der Waals surface area contributed by atoms with E-state index in [1.807, 2.05) is 6.07 Å². The SMILES string of the molecule is O=c1[nH]nc(-c2ncccc2Br)[nH]1. The van der Waals surface area contributed by atoms with Gasteiger partial charge in [-0.05, 0) is 28.1 Å². The molecule has 0 aliphatic heterocycles. The molecule has 2 heterocycles. The molecular weight excluding hydrogens is 236 g/mol. The third-order valence-electron chi connectivity index (χ3n) is 1.48. The van der Waals surface area contributed by atoms with Gasteiger partial charge in [-0.2, -0.15) is 5.10 Å². The summed E-state index contributed by atoms with van der Waals surface area (Å²) in [5.41, 5.74) is 0.272. The maximum absolute atomic E-state index is 10.8. The van der Waals surface area contributed by atoms with Crippen LogP contribution in [0, 0.1) is 0 Å². The Bertz CT molecular complexity index is 475. The largest absolute Gasteiger partial charge is 0.340 e. The maximum atomic E-state index is 10.8. The molecule has 66 valence electrons. The van der Waals surface area contributed by atoms with E-state index in [1.54, 1.807) is 12.3 Å². The van der Waals surface area contributed by atoms with Gasteiger partial charge in [-0.1, -0.05) is 0 Å². The van der Waals surface area contributed by atoms with Gasteiger partial charge in [-0.15, -0.1) is 0 Å². The molecule has 0 spiro atoms. The van der Waals surface area contributed by atoms with Crippen molar-refractivity contribution in [1.29, 1.82) is 0 Å². The van der Waals surface area contributed by atoms with E-state index >= 15 is 0 Å². The Labute approximate surface area is 81.4 Å². The van der Waals surface area contributed by atoms with E-state index < -0.39 is 0 Å². The zero-order chi connectivity index (χ0) is 9.26. The van der Waals surface area contributed by atoms with Gasteiger partial charge in [0, 0.05) is 10.7 Å². The van der Waals surface area contributed by atoms with E-state index in [0.717, 1.165) is 4.47 Å². The monoisotopic (exact) mass is 240 g/mol. The highest BCUT2D eigenvalue weighted by Gasteiger charge is 2.06. The number of halogens is 1. The fourth-order valence-corrected chi connectivity index (χ4v) is 1.38. The molecule has 0 radical (unpaired) electrons. The smallest absolute Gasteiger partial charge is 0.288 e. The van der Waals surface area contributed by atoms with Crippen LogP contribution in [0.1, 0.15) is 0 Å². The third-order valence-corrected chi connectivity index (χ3v) is 2.12. The van der Waals surface area contributed by atoms with E-state index in [2.05, 4.69) is 36.1 Å². The molecule has 0 amide bonds. The van der Waals surface area contributed by atoms with Crippen LogP contribution in [0.15, 0.2) is 27.6 Å². The highest BCUT2D eigenvalue weighted by Crippen LogP contribution is 2.20. The van der Waals surface area contributed by atoms with E-state index in [0.29, 0.717) is 11.5 Å². The minimum atomic E-state index is -0.340. The average molecular weight is 241 g/mol. The molecule has 13 heavy (non-hydrogen) atoms. The molecule has 0 atom stereocenters.